The molecule has 0 saturated heterocycles. The van der Waals surface area contributed by atoms with Gasteiger partial charge in [0.1, 0.15) is 17.6 Å². The summed E-state index contributed by atoms with van der Waals surface area (Å²) in [6, 6.07) is 18.0. The number of halogens is 1. The van der Waals surface area contributed by atoms with Crippen LogP contribution in [0.5, 0.6) is 0 Å². The first-order valence-corrected chi connectivity index (χ1v) is 12.0. The van der Waals surface area contributed by atoms with Crippen LogP contribution in [-0.2, 0) is 6.54 Å². The topological polar surface area (TPSA) is 105 Å². The molecule has 0 radical (unpaired) electrons. The number of carbonyl (C=O) groups is 1. The van der Waals surface area contributed by atoms with Crippen molar-refractivity contribution in [3.8, 4) is 6.07 Å². The second-order valence-corrected chi connectivity index (χ2v) is 9.21. The average molecular weight is 492 g/mol. The molecule has 1 aromatic heterocycles. The number of amides is 1. The molecule has 0 aliphatic heterocycles. The summed E-state index contributed by atoms with van der Waals surface area (Å²) in [5, 5.41) is 10.5. The number of hydrogen-bond donors (Lipinski definition) is 1. The van der Waals surface area contributed by atoms with E-state index in [1.807, 2.05) is 44.2 Å². The Kier molecular flexibility index (Phi) is 8.80. The summed E-state index contributed by atoms with van der Waals surface area (Å²) in [5.74, 6) is 0.0294. The first-order chi connectivity index (χ1) is 16.8. The third-order valence-corrected chi connectivity index (χ3v) is 6.13. The predicted molar refractivity (Wildman–Crippen MR) is 137 cm³/mol. The molecule has 7 nitrogen and oxygen atoms in total. The molecular formula is C27H30ClN5O2. The van der Waals surface area contributed by atoms with Crippen LogP contribution in [-0.4, -0.2) is 33.4 Å². The number of carbonyl (C=O) groups excluding carboxylic acids is 1. The molecule has 1 heterocycles. The lowest BCUT2D eigenvalue weighted by Crippen LogP contribution is -2.42. The van der Waals surface area contributed by atoms with Gasteiger partial charge in [0.05, 0.1) is 18.2 Å². The molecule has 0 aliphatic carbocycles. The lowest BCUT2D eigenvalue weighted by molar-refractivity contribution is 0.0602. The van der Waals surface area contributed by atoms with Crippen LogP contribution in [0.15, 0.2) is 59.4 Å². The lowest BCUT2D eigenvalue weighted by atomic mass is 9.98. The van der Waals surface area contributed by atoms with Crippen LogP contribution in [0, 0.1) is 24.2 Å². The molecule has 35 heavy (non-hydrogen) atoms. The van der Waals surface area contributed by atoms with Gasteiger partial charge in [-0.2, -0.15) is 10.2 Å². The fourth-order valence-corrected chi connectivity index (χ4v) is 4.37. The molecule has 2 N–H and O–H groups in total. The van der Waals surface area contributed by atoms with E-state index in [9.17, 15) is 14.9 Å². The molecule has 1 atom stereocenters. The van der Waals surface area contributed by atoms with E-state index in [0.29, 0.717) is 42.5 Å². The number of nitrogens with two attached hydrogens (primary N) is 1. The fourth-order valence-electron chi connectivity index (χ4n) is 4.18. The Labute approximate surface area is 210 Å². The molecule has 0 fully saturated rings. The van der Waals surface area contributed by atoms with Gasteiger partial charge in [-0.05, 0) is 49.6 Å². The van der Waals surface area contributed by atoms with Gasteiger partial charge in [-0.15, -0.1) is 0 Å². The Morgan fingerprint density at radius 1 is 1.20 bits per heavy atom. The minimum Gasteiger partial charge on any atom is -0.330 e. The van der Waals surface area contributed by atoms with Crippen molar-refractivity contribution in [2.75, 3.05) is 13.1 Å². The molecule has 1 unspecified atom stereocenters. The zero-order valence-electron chi connectivity index (χ0n) is 20.2. The standard InChI is InChI=1S/C27H30ClN5O2/c1-18(2)24(32(14-8-13-29)27(35)21-11-7-12-22(28)15-21)25-31-26(34)19(3)23(16-30)33(25)17-20-9-5-4-6-10-20/h4-7,9-12,15,18,24H,8,13-14,17,29H2,1-3H3. The Morgan fingerprint density at radius 2 is 1.91 bits per heavy atom. The smallest absolute Gasteiger partial charge is 0.277 e. The number of rotatable bonds is 9. The summed E-state index contributed by atoms with van der Waals surface area (Å²) in [7, 11) is 0. The molecule has 2 aromatic carbocycles. The van der Waals surface area contributed by atoms with Crippen molar-refractivity contribution in [3.05, 3.63) is 98.2 Å². The van der Waals surface area contributed by atoms with Gasteiger partial charge in [-0.25, -0.2) is 0 Å². The van der Waals surface area contributed by atoms with Crippen LogP contribution < -0.4 is 11.3 Å². The highest BCUT2D eigenvalue weighted by Gasteiger charge is 2.33. The highest BCUT2D eigenvalue weighted by Crippen LogP contribution is 2.30. The van der Waals surface area contributed by atoms with Gasteiger partial charge in [0.2, 0.25) is 0 Å². The Morgan fingerprint density at radius 3 is 2.51 bits per heavy atom. The van der Waals surface area contributed by atoms with Crippen LogP contribution >= 0.6 is 11.6 Å². The van der Waals surface area contributed by atoms with Crippen molar-refractivity contribution in [1.29, 1.82) is 5.26 Å². The van der Waals surface area contributed by atoms with Crippen molar-refractivity contribution < 1.29 is 4.79 Å². The summed E-state index contributed by atoms with van der Waals surface area (Å²) < 4.78 is 1.76. The summed E-state index contributed by atoms with van der Waals surface area (Å²) in [4.78, 5) is 32.7. The van der Waals surface area contributed by atoms with E-state index in [1.54, 1.807) is 40.7 Å². The van der Waals surface area contributed by atoms with E-state index >= 15 is 0 Å². The third-order valence-electron chi connectivity index (χ3n) is 5.90. The van der Waals surface area contributed by atoms with Crippen LogP contribution in [0.3, 0.4) is 0 Å². The van der Waals surface area contributed by atoms with E-state index < -0.39 is 11.6 Å². The Bertz CT molecular complexity index is 1280. The summed E-state index contributed by atoms with van der Waals surface area (Å²) in [5.41, 5.74) is 7.24. The molecule has 0 aliphatic rings. The van der Waals surface area contributed by atoms with Gasteiger partial charge < -0.3 is 15.2 Å². The zero-order valence-corrected chi connectivity index (χ0v) is 21.0. The zero-order chi connectivity index (χ0) is 25.5. The number of nitriles is 1. The van der Waals surface area contributed by atoms with Crippen LogP contribution in [0.4, 0.5) is 0 Å². The van der Waals surface area contributed by atoms with Crippen molar-refractivity contribution >= 4 is 17.5 Å². The maximum atomic E-state index is 13.7. The van der Waals surface area contributed by atoms with Crippen molar-refractivity contribution in [1.82, 2.24) is 14.5 Å². The highest BCUT2D eigenvalue weighted by molar-refractivity contribution is 6.30. The van der Waals surface area contributed by atoms with Crippen LogP contribution in [0.25, 0.3) is 0 Å². The van der Waals surface area contributed by atoms with Crippen LogP contribution in [0.1, 0.15) is 59.3 Å². The van der Waals surface area contributed by atoms with Gasteiger partial charge in [-0.3, -0.25) is 9.59 Å². The van der Waals surface area contributed by atoms with Crippen LogP contribution in [0.2, 0.25) is 5.02 Å². The first-order valence-electron chi connectivity index (χ1n) is 11.6. The number of hydrogen-bond acceptors (Lipinski definition) is 5. The predicted octanol–water partition coefficient (Wildman–Crippen LogP) is 4.31. The Hall–Kier alpha value is -3.47. The molecule has 0 spiro atoms. The molecule has 0 saturated carbocycles. The quantitative estimate of drug-likeness (QED) is 0.480. The maximum absolute atomic E-state index is 13.7. The third kappa shape index (κ3) is 5.97. The van der Waals surface area contributed by atoms with E-state index in [2.05, 4.69) is 11.1 Å². The summed E-state index contributed by atoms with van der Waals surface area (Å²) in [6.45, 7) is 6.64. The largest absolute Gasteiger partial charge is 0.330 e. The van der Waals surface area contributed by atoms with Gasteiger partial charge in [0.15, 0.2) is 0 Å². The van der Waals surface area contributed by atoms with E-state index in [0.717, 1.165) is 5.56 Å². The van der Waals surface area contributed by atoms with E-state index in [1.165, 1.54) is 0 Å². The van der Waals surface area contributed by atoms with Crippen molar-refractivity contribution in [3.63, 3.8) is 0 Å². The maximum Gasteiger partial charge on any atom is 0.277 e. The number of aromatic nitrogens is 2. The minimum atomic E-state index is -0.572. The molecule has 0 bridgehead atoms. The summed E-state index contributed by atoms with van der Waals surface area (Å²) in [6.07, 6.45) is 0.565. The average Bonchev–Trinajstić information content (AvgIpc) is 2.84. The van der Waals surface area contributed by atoms with Crippen molar-refractivity contribution in [2.24, 2.45) is 11.7 Å². The summed E-state index contributed by atoms with van der Waals surface area (Å²) >= 11 is 6.17. The molecular weight excluding hydrogens is 462 g/mol. The van der Waals surface area contributed by atoms with Gasteiger partial charge in [0, 0.05) is 17.1 Å². The second kappa shape index (κ2) is 11.8. The second-order valence-electron chi connectivity index (χ2n) is 8.77. The molecule has 3 aromatic rings. The lowest BCUT2D eigenvalue weighted by Gasteiger charge is -2.36. The SMILES string of the molecule is Cc1c(C#N)n(Cc2ccccc2)c(C(C(C)C)N(CCCN)C(=O)c2cccc(Cl)c2)nc1=O. The molecule has 8 heteroatoms. The normalized spacial score (nSPS) is 11.8. The molecule has 182 valence electrons. The highest BCUT2D eigenvalue weighted by atomic mass is 35.5. The minimum absolute atomic E-state index is 0.112. The van der Waals surface area contributed by atoms with E-state index in [4.69, 9.17) is 17.3 Å². The molecule has 1 amide bonds. The fraction of sp³-hybridized carbons (Fsp3) is 0.333. The van der Waals surface area contributed by atoms with Gasteiger partial charge in [0.25, 0.3) is 11.5 Å². The number of benzene rings is 2. The monoisotopic (exact) mass is 491 g/mol. The van der Waals surface area contributed by atoms with Gasteiger partial charge >= 0.3 is 0 Å². The molecule has 3 rings (SSSR count). The van der Waals surface area contributed by atoms with Crippen molar-refractivity contribution in [2.45, 2.75) is 39.8 Å². The number of nitrogens with zero attached hydrogens (tertiary/aromatic N) is 4. The Balaban J connectivity index is 2.23. The van der Waals surface area contributed by atoms with Gasteiger partial charge in [-0.1, -0.05) is 61.8 Å². The first kappa shape index (κ1) is 26.1. The van der Waals surface area contributed by atoms with E-state index in [-0.39, 0.29) is 23.1 Å².